The summed E-state index contributed by atoms with van der Waals surface area (Å²) in [4.78, 5) is 32.7. The van der Waals surface area contributed by atoms with Crippen molar-refractivity contribution in [2.75, 3.05) is 26.2 Å². The number of carbonyl (C=O) groups excluding carboxylic acids is 2. The molecule has 3 N–H and O–H groups in total. The first-order chi connectivity index (χ1) is 9.20. The van der Waals surface area contributed by atoms with Gasteiger partial charge >= 0.3 is 18.2 Å². The van der Waals surface area contributed by atoms with Crippen LogP contribution in [0.25, 0.3) is 0 Å². The highest BCUT2D eigenvalue weighted by Gasteiger charge is 2.38. The molecule has 0 aromatic rings. The number of nitrogens with zero attached hydrogens (tertiary/aromatic N) is 1. The van der Waals surface area contributed by atoms with E-state index in [9.17, 15) is 22.8 Å². The average Bonchev–Trinajstić information content (AvgIpc) is 2.25. The van der Waals surface area contributed by atoms with Crippen LogP contribution in [0.3, 0.4) is 0 Å². The van der Waals surface area contributed by atoms with Crippen molar-refractivity contribution in [3.8, 4) is 0 Å². The largest absolute Gasteiger partial charge is 0.490 e. The number of carboxylic acids is 1. The maximum absolute atomic E-state index is 11.3. The molecule has 2 aliphatic heterocycles. The van der Waals surface area contributed by atoms with Crippen LogP contribution < -0.4 is 10.6 Å². The van der Waals surface area contributed by atoms with Gasteiger partial charge in [-0.2, -0.15) is 13.2 Å². The van der Waals surface area contributed by atoms with Gasteiger partial charge in [0.2, 0.25) is 5.91 Å². The zero-order valence-corrected chi connectivity index (χ0v) is 10.4. The van der Waals surface area contributed by atoms with E-state index in [1.54, 1.807) is 4.90 Å². The standard InChI is InChI=1S/C8H13N3O2.C2HF3O2/c12-7-1-2-11(8(13)10-7)5-6-3-9-4-6;3-2(4,5)1(6)7/h6,9H,1-5H2,(H,10,12,13);(H,6,7). The number of halogens is 3. The van der Waals surface area contributed by atoms with Crippen molar-refractivity contribution < 1.29 is 32.7 Å². The molecular formula is C10H14F3N3O4. The van der Waals surface area contributed by atoms with Crippen molar-refractivity contribution in [1.82, 2.24) is 15.5 Å². The molecule has 7 nitrogen and oxygen atoms in total. The van der Waals surface area contributed by atoms with Gasteiger partial charge in [-0.15, -0.1) is 0 Å². The maximum Gasteiger partial charge on any atom is 0.490 e. The maximum atomic E-state index is 11.3. The monoisotopic (exact) mass is 297 g/mol. The van der Waals surface area contributed by atoms with Gasteiger partial charge in [0.15, 0.2) is 0 Å². The Hall–Kier alpha value is -1.84. The lowest BCUT2D eigenvalue weighted by molar-refractivity contribution is -0.192. The summed E-state index contributed by atoms with van der Waals surface area (Å²) in [7, 11) is 0. The molecule has 10 heteroatoms. The molecule has 0 unspecified atom stereocenters. The second-order valence-corrected chi connectivity index (χ2v) is 4.38. The summed E-state index contributed by atoms with van der Waals surface area (Å²) in [6.45, 7) is 3.31. The van der Waals surface area contributed by atoms with Gasteiger partial charge in [-0.05, 0) is 0 Å². The number of hydrogen-bond acceptors (Lipinski definition) is 4. The van der Waals surface area contributed by atoms with Gasteiger partial charge in [-0.1, -0.05) is 0 Å². The molecule has 0 atom stereocenters. The van der Waals surface area contributed by atoms with Crippen LogP contribution in [0.2, 0.25) is 0 Å². The van der Waals surface area contributed by atoms with E-state index in [4.69, 9.17) is 9.90 Å². The number of carbonyl (C=O) groups is 3. The Morgan fingerprint density at radius 2 is 1.90 bits per heavy atom. The molecule has 0 bridgehead atoms. The summed E-state index contributed by atoms with van der Waals surface area (Å²) in [5.74, 6) is -2.35. The Morgan fingerprint density at radius 3 is 2.25 bits per heavy atom. The summed E-state index contributed by atoms with van der Waals surface area (Å²) in [5.41, 5.74) is 0. The van der Waals surface area contributed by atoms with E-state index < -0.39 is 12.1 Å². The zero-order valence-electron chi connectivity index (χ0n) is 10.4. The van der Waals surface area contributed by atoms with Crippen LogP contribution in [0.1, 0.15) is 6.42 Å². The summed E-state index contributed by atoms with van der Waals surface area (Å²) in [5, 5.41) is 12.6. The van der Waals surface area contributed by atoms with Crippen LogP contribution in [-0.2, 0) is 9.59 Å². The van der Waals surface area contributed by atoms with E-state index >= 15 is 0 Å². The number of alkyl halides is 3. The first-order valence-electron chi connectivity index (χ1n) is 5.79. The summed E-state index contributed by atoms with van der Waals surface area (Å²) >= 11 is 0. The number of rotatable bonds is 2. The first-order valence-corrected chi connectivity index (χ1v) is 5.79. The second kappa shape index (κ2) is 6.55. The number of imide groups is 1. The lowest BCUT2D eigenvalue weighted by Gasteiger charge is -2.34. The van der Waals surface area contributed by atoms with E-state index in [-0.39, 0.29) is 11.9 Å². The molecule has 0 aromatic carbocycles. The number of amides is 3. The predicted octanol–water partition coefficient (Wildman–Crippen LogP) is -0.219. The van der Waals surface area contributed by atoms with Gasteiger partial charge in [0, 0.05) is 38.5 Å². The number of aliphatic carboxylic acids is 1. The van der Waals surface area contributed by atoms with Crippen LogP contribution in [0.15, 0.2) is 0 Å². The van der Waals surface area contributed by atoms with E-state index in [0.717, 1.165) is 19.6 Å². The first kappa shape index (κ1) is 16.2. The Balaban J connectivity index is 0.000000246. The molecule has 0 aliphatic carbocycles. The molecule has 0 spiro atoms. The molecule has 3 amide bonds. The Bertz CT molecular complexity index is 396. The van der Waals surface area contributed by atoms with Gasteiger partial charge in [-0.25, -0.2) is 9.59 Å². The quantitative estimate of drug-likeness (QED) is 0.654. The van der Waals surface area contributed by atoms with Crippen LogP contribution in [0, 0.1) is 5.92 Å². The van der Waals surface area contributed by atoms with Gasteiger partial charge < -0.3 is 15.3 Å². The van der Waals surface area contributed by atoms with Crippen molar-refractivity contribution in [3.63, 3.8) is 0 Å². The van der Waals surface area contributed by atoms with Crippen LogP contribution in [-0.4, -0.2) is 60.3 Å². The lowest BCUT2D eigenvalue weighted by atomic mass is 10.0. The summed E-state index contributed by atoms with van der Waals surface area (Å²) in [6.07, 6.45) is -4.65. The second-order valence-electron chi connectivity index (χ2n) is 4.38. The van der Waals surface area contributed by atoms with E-state index in [1.165, 1.54) is 0 Å². The number of nitrogens with one attached hydrogen (secondary N) is 2. The van der Waals surface area contributed by atoms with E-state index in [1.807, 2.05) is 0 Å². The fraction of sp³-hybridized carbons (Fsp3) is 0.700. The summed E-state index contributed by atoms with van der Waals surface area (Å²) < 4.78 is 31.7. The third-order valence-electron chi connectivity index (χ3n) is 2.73. The third-order valence-corrected chi connectivity index (χ3v) is 2.73. The van der Waals surface area contributed by atoms with Crippen molar-refractivity contribution in [2.45, 2.75) is 12.6 Å². The molecule has 0 aromatic heterocycles. The van der Waals surface area contributed by atoms with Gasteiger partial charge in [-0.3, -0.25) is 10.1 Å². The lowest BCUT2D eigenvalue weighted by Crippen LogP contribution is -2.55. The van der Waals surface area contributed by atoms with Crippen molar-refractivity contribution in [2.24, 2.45) is 5.92 Å². The highest BCUT2D eigenvalue weighted by molar-refractivity contribution is 5.96. The fourth-order valence-corrected chi connectivity index (χ4v) is 1.56. The summed E-state index contributed by atoms with van der Waals surface area (Å²) in [6, 6.07) is -0.233. The van der Waals surface area contributed by atoms with Gasteiger partial charge in [0.25, 0.3) is 0 Å². The van der Waals surface area contributed by atoms with Crippen molar-refractivity contribution in [1.29, 1.82) is 0 Å². The molecule has 114 valence electrons. The Labute approximate surface area is 112 Å². The van der Waals surface area contributed by atoms with Crippen LogP contribution >= 0.6 is 0 Å². The topological polar surface area (TPSA) is 98.7 Å². The SMILES string of the molecule is O=C(O)C(F)(F)F.O=C1CCN(CC2CNC2)C(=O)N1. The van der Waals surface area contributed by atoms with Crippen LogP contribution in [0.4, 0.5) is 18.0 Å². The molecule has 2 aliphatic rings. The Kier molecular flexibility index (Phi) is 5.31. The number of carboxylic acid groups (broad SMARTS) is 1. The van der Waals surface area contributed by atoms with Crippen molar-refractivity contribution in [3.05, 3.63) is 0 Å². The Morgan fingerprint density at radius 1 is 1.35 bits per heavy atom. The van der Waals surface area contributed by atoms with E-state index in [2.05, 4.69) is 10.6 Å². The molecule has 20 heavy (non-hydrogen) atoms. The molecule has 2 fully saturated rings. The van der Waals surface area contributed by atoms with Gasteiger partial charge in [0.05, 0.1) is 0 Å². The number of urea groups is 1. The molecule has 0 saturated carbocycles. The fourth-order valence-electron chi connectivity index (χ4n) is 1.56. The third kappa shape index (κ3) is 5.03. The normalized spacial score (nSPS) is 19.6. The molecular weight excluding hydrogens is 283 g/mol. The molecule has 2 saturated heterocycles. The zero-order chi connectivity index (χ0) is 15.3. The van der Waals surface area contributed by atoms with Crippen molar-refractivity contribution >= 4 is 17.9 Å². The highest BCUT2D eigenvalue weighted by atomic mass is 19.4. The highest BCUT2D eigenvalue weighted by Crippen LogP contribution is 2.13. The van der Waals surface area contributed by atoms with E-state index in [0.29, 0.717) is 18.9 Å². The molecule has 0 radical (unpaired) electrons. The minimum absolute atomic E-state index is 0.159. The minimum Gasteiger partial charge on any atom is -0.475 e. The molecule has 2 heterocycles. The minimum atomic E-state index is -5.08. The number of hydrogen-bond donors (Lipinski definition) is 3. The molecule has 2 rings (SSSR count). The predicted molar refractivity (Wildman–Crippen MR) is 59.8 cm³/mol. The average molecular weight is 297 g/mol. The van der Waals surface area contributed by atoms with Crippen LogP contribution in [0.5, 0.6) is 0 Å². The van der Waals surface area contributed by atoms with Gasteiger partial charge in [0.1, 0.15) is 0 Å². The smallest absolute Gasteiger partial charge is 0.475 e.